The fourth-order valence-electron chi connectivity index (χ4n) is 2.50. The molecule has 0 saturated carbocycles. The molecule has 0 spiro atoms. The van der Waals surface area contributed by atoms with Gasteiger partial charge in [0.15, 0.2) is 0 Å². The molecule has 2 aromatic carbocycles. The monoisotopic (exact) mass is 445 g/mol. The summed E-state index contributed by atoms with van der Waals surface area (Å²) in [6, 6.07) is 16.0. The molecule has 2 rings (SSSR count). The summed E-state index contributed by atoms with van der Waals surface area (Å²) in [6.07, 6.45) is 0. The standard InChI is InChI=1S/C22H23NO5S2/c1-14(2)18(20(25)26)23-19(24)17(30-22(28)16-11-7-4-8-12-16)13-29-21(27)15-9-5-3-6-10-15/h3-12,14,17-18H,13H2,1-2H3,(H,23,24)(H,25,26). The predicted molar refractivity (Wildman–Crippen MR) is 120 cm³/mol. The summed E-state index contributed by atoms with van der Waals surface area (Å²) in [4.78, 5) is 49.3. The number of amides is 1. The summed E-state index contributed by atoms with van der Waals surface area (Å²) in [6.45, 7) is 3.37. The Morgan fingerprint density at radius 3 is 1.83 bits per heavy atom. The molecule has 0 fully saturated rings. The normalized spacial score (nSPS) is 12.8. The van der Waals surface area contributed by atoms with E-state index in [4.69, 9.17) is 0 Å². The second kappa shape index (κ2) is 11.6. The third-order valence-corrected chi connectivity index (χ3v) is 6.48. The zero-order chi connectivity index (χ0) is 22.1. The van der Waals surface area contributed by atoms with E-state index in [1.165, 1.54) is 0 Å². The SMILES string of the molecule is CC(C)C(NC(=O)C(CSC(=O)c1ccccc1)SC(=O)c1ccccc1)C(=O)O. The predicted octanol–water partition coefficient (Wildman–Crippen LogP) is 3.73. The van der Waals surface area contributed by atoms with Crippen molar-refractivity contribution in [1.29, 1.82) is 0 Å². The third kappa shape index (κ3) is 7.03. The van der Waals surface area contributed by atoms with E-state index in [9.17, 15) is 24.3 Å². The molecular formula is C22H23NO5S2. The number of carboxylic acids is 1. The van der Waals surface area contributed by atoms with E-state index in [1.807, 2.05) is 0 Å². The van der Waals surface area contributed by atoms with Gasteiger partial charge in [-0.05, 0) is 5.92 Å². The number of carbonyl (C=O) groups is 4. The maximum Gasteiger partial charge on any atom is 0.326 e. The van der Waals surface area contributed by atoms with Crippen molar-refractivity contribution in [3.8, 4) is 0 Å². The lowest BCUT2D eigenvalue weighted by Crippen LogP contribution is -2.48. The van der Waals surface area contributed by atoms with Crippen LogP contribution in [0.3, 0.4) is 0 Å². The van der Waals surface area contributed by atoms with E-state index in [0.29, 0.717) is 11.1 Å². The van der Waals surface area contributed by atoms with Crippen molar-refractivity contribution in [2.75, 3.05) is 5.75 Å². The quantitative estimate of drug-likeness (QED) is 0.606. The van der Waals surface area contributed by atoms with Crippen molar-refractivity contribution in [2.24, 2.45) is 5.92 Å². The average Bonchev–Trinajstić information content (AvgIpc) is 2.75. The number of nitrogens with one attached hydrogen (secondary N) is 1. The fourth-order valence-corrected chi connectivity index (χ4v) is 4.44. The van der Waals surface area contributed by atoms with Gasteiger partial charge in [-0.3, -0.25) is 14.4 Å². The van der Waals surface area contributed by atoms with E-state index in [0.717, 1.165) is 23.5 Å². The molecular weight excluding hydrogens is 422 g/mol. The van der Waals surface area contributed by atoms with Crippen LogP contribution in [0.2, 0.25) is 0 Å². The minimum Gasteiger partial charge on any atom is -0.480 e. The first-order valence-electron chi connectivity index (χ1n) is 9.31. The van der Waals surface area contributed by atoms with Gasteiger partial charge >= 0.3 is 5.97 Å². The third-order valence-electron chi connectivity index (χ3n) is 4.16. The number of rotatable bonds is 9. The highest BCUT2D eigenvalue weighted by Gasteiger charge is 2.30. The highest BCUT2D eigenvalue weighted by molar-refractivity contribution is 8.18. The second-order valence-corrected chi connectivity index (χ2v) is 8.96. The van der Waals surface area contributed by atoms with Crippen molar-refractivity contribution in [2.45, 2.75) is 25.1 Å². The molecule has 6 nitrogen and oxygen atoms in total. The van der Waals surface area contributed by atoms with Gasteiger partial charge in [0.05, 0.1) is 0 Å². The van der Waals surface area contributed by atoms with Crippen LogP contribution in [0.4, 0.5) is 0 Å². The van der Waals surface area contributed by atoms with Crippen molar-refractivity contribution in [3.63, 3.8) is 0 Å². The lowest BCUT2D eigenvalue weighted by Gasteiger charge is -2.21. The fraction of sp³-hybridized carbons (Fsp3) is 0.273. The first-order valence-corrected chi connectivity index (χ1v) is 11.2. The number of aliphatic carboxylic acids is 1. The van der Waals surface area contributed by atoms with Crippen molar-refractivity contribution >= 4 is 45.6 Å². The molecule has 2 atom stereocenters. The molecule has 0 aliphatic heterocycles. The van der Waals surface area contributed by atoms with Crippen molar-refractivity contribution < 1.29 is 24.3 Å². The van der Waals surface area contributed by atoms with Crippen molar-refractivity contribution in [1.82, 2.24) is 5.32 Å². The van der Waals surface area contributed by atoms with E-state index in [1.54, 1.807) is 74.5 Å². The van der Waals surface area contributed by atoms with Crippen LogP contribution < -0.4 is 5.32 Å². The minimum atomic E-state index is -1.15. The molecule has 0 heterocycles. The number of carboxylic acid groups (broad SMARTS) is 1. The van der Waals surface area contributed by atoms with Gasteiger partial charge in [0.2, 0.25) is 16.1 Å². The lowest BCUT2D eigenvalue weighted by atomic mass is 10.0. The Labute approximate surface area is 183 Å². The highest BCUT2D eigenvalue weighted by atomic mass is 32.2. The molecule has 0 radical (unpaired) electrons. The van der Waals surface area contributed by atoms with E-state index in [2.05, 4.69) is 5.32 Å². The van der Waals surface area contributed by atoms with Gasteiger partial charge in [0.1, 0.15) is 11.3 Å². The van der Waals surface area contributed by atoms with E-state index in [-0.39, 0.29) is 21.9 Å². The van der Waals surface area contributed by atoms with Gasteiger partial charge in [0.25, 0.3) is 0 Å². The van der Waals surface area contributed by atoms with Gasteiger partial charge in [-0.1, -0.05) is 98.0 Å². The van der Waals surface area contributed by atoms with Gasteiger partial charge in [-0.25, -0.2) is 4.79 Å². The summed E-state index contributed by atoms with van der Waals surface area (Å²) in [7, 11) is 0. The van der Waals surface area contributed by atoms with Crippen LogP contribution in [-0.4, -0.2) is 44.3 Å². The van der Waals surface area contributed by atoms with Crippen LogP contribution in [0.25, 0.3) is 0 Å². The summed E-state index contributed by atoms with van der Waals surface area (Å²) < 4.78 is 0. The van der Waals surface area contributed by atoms with Crippen molar-refractivity contribution in [3.05, 3.63) is 71.8 Å². The topological polar surface area (TPSA) is 101 Å². The number of hydrogen-bond donors (Lipinski definition) is 2. The smallest absolute Gasteiger partial charge is 0.326 e. The average molecular weight is 446 g/mol. The maximum atomic E-state index is 12.8. The Balaban J connectivity index is 2.14. The first-order chi connectivity index (χ1) is 14.3. The summed E-state index contributed by atoms with van der Waals surface area (Å²) in [5, 5.41) is 10.4. The van der Waals surface area contributed by atoms with Gasteiger partial charge in [-0.2, -0.15) is 0 Å². The molecule has 0 aromatic heterocycles. The zero-order valence-electron chi connectivity index (χ0n) is 16.6. The lowest BCUT2D eigenvalue weighted by molar-refractivity contribution is -0.142. The molecule has 0 saturated heterocycles. The maximum absolute atomic E-state index is 12.8. The van der Waals surface area contributed by atoms with Crippen LogP contribution in [0.5, 0.6) is 0 Å². The molecule has 2 N–H and O–H groups in total. The molecule has 0 aliphatic carbocycles. The summed E-state index contributed by atoms with van der Waals surface area (Å²) >= 11 is 1.72. The van der Waals surface area contributed by atoms with Crippen LogP contribution in [0, 0.1) is 5.92 Å². The molecule has 2 aromatic rings. The number of hydrogen-bond acceptors (Lipinski definition) is 6. The molecule has 158 valence electrons. The van der Waals surface area contributed by atoms with Crippen LogP contribution >= 0.6 is 23.5 Å². The van der Waals surface area contributed by atoms with E-state index < -0.39 is 23.2 Å². The van der Waals surface area contributed by atoms with Gasteiger partial charge in [0, 0.05) is 16.9 Å². The van der Waals surface area contributed by atoms with Gasteiger partial charge in [-0.15, -0.1) is 0 Å². The molecule has 1 amide bonds. The van der Waals surface area contributed by atoms with E-state index >= 15 is 0 Å². The second-order valence-electron chi connectivity index (χ2n) is 6.79. The highest BCUT2D eigenvalue weighted by Crippen LogP contribution is 2.24. The molecule has 0 aliphatic rings. The van der Waals surface area contributed by atoms with Crippen LogP contribution in [0.1, 0.15) is 34.6 Å². The molecule has 8 heteroatoms. The zero-order valence-corrected chi connectivity index (χ0v) is 18.2. The van der Waals surface area contributed by atoms with Gasteiger partial charge < -0.3 is 10.4 Å². The summed E-state index contributed by atoms with van der Waals surface area (Å²) in [5.41, 5.74) is 0.921. The number of carbonyl (C=O) groups excluding carboxylic acids is 3. The first kappa shape index (κ1) is 23.7. The Morgan fingerprint density at radius 1 is 0.867 bits per heavy atom. The minimum absolute atomic E-state index is 0.0350. The Hall–Kier alpha value is -2.58. The Kier molecular flexibility index (Phi) is 9.14. The molecule has 30 heavy (non-hydrogen) atoms. The molecule has 0 bridgehead atoms. The Morgan fingerprint density at radius 2 is 1.37 bits per heavy atom. The number of benzene rings is 2. The number of thioether (sulfide) groups is 2. The summed E-state index contributed by atoms with van der Waals surface area (Å²) in [5.74, 6) is -2.03. The largest absolute Gasteiger partial charge is 0.480 e. The van der Waals surface area contributed by atoms with Crippen LogP contribution in [0.15, 0.2) is 60.7 Å². The van der Waals surface area contributed by atoms with Crippen LogP contribution in [-0.2, 0) is 9.59 Å². The molecule has 2 unspecified atom stereocenters. The Bertz CT molecular complexity index is 887.